The molecule has 0 aliphatic carbocycles. The predicted octanol–water partition coefficient (Wildman–Crippen LogP) is 2.18. The Kier molecular flexibility index (Phi) is 2.67. The van der Waals surface area contributed by atoms with E-state index < -0.39 is 0 Å². The lowest BCUT2D eigenvalue weighted by Crippen LogP contribution is -2.34. The molecule has 2 aromatic rings. The molecule has 0 atom stereocenters. The van der Waals surface area contributed by atoms with Crippen molar-refractivity contribution >= 4 is 28.5 Å². The Morgan fingerprint density at radius 1 is 1.29 bits per heavy atom. The summed E-state index contributed by atoms with van der Waals surface area (Å²) in [5.41, 5.74) is 2.12. The minimum atomic E-state index is 0.314. The van der Waals surface area contributed by atoms with E-state index in [1.165, 1.54) is 0 Å². The molecule has 4 nitrogen and oxygen atoms in total. The van der Waals surface area contributed by atoms with E-state index >= 15 is 0 Å². The fourth-order valence-corrected chi connectivity index (χ4v) is 2.53. The summed E-state index contributed by atoms with van der Waals surface area (Å²) < 4.78 is 2.02. The smallest absolute Gasteiger partial charge is 0.156 e. The molecule has 0 saturated carbocycles. The summed E-state index contributed by atoms with van der Waals surface area (Å²) in [5, 5.41) is 0.314. The van der Waals surface area contributed by atoms with Gasteiger partial charge in [0.2, 0.25) is 0 Å². The van der Waals surface area contributed by atoms with Gasteiger partial charge in [0.25, 0.3) is 0 Å². The van der Waals surface area contributed by atoms with Gasteiger partial charge >= 0.3 is 0 Å². The van der Waals surface area contributed by atoms with E-state index in [9.17, 15) is 0 Å². The highest BCUT2D eigenvalue weighted by Gasteiger charge is 2.20. The first-order valence-electron chi connectivity index (χ1n) is 5.91. The van der Waals surface area contributed by atoms with Crippen molar-refractivity contribution in [2.45, 2.75) is 18.2 Å². The van der Waals surface area contributed by atoms with Crippen molar-refractivity contribution in [1.82, 2.24) is 14.5 Å². The first-order chi connectivity index (χ1) is 8.25. The molecule has 3 heterocycles. The van der Waals surface area contributed by atoms with Crippen LogP contribution in [-0.2, 0) is 7.05 Å². The van der Waals surface area contributed by atoms with Gasteiger partial charge in [-0.15, -0.1) is 11.6 Å². The summed E-state index contributed by atoms with van der Waals surface area (Å²) in [5.74, 6) is 0.992. The Hall–Kier alpha value is -1.29. The first-order valence-corrected chi connectivity index (χ1v) is 6.34. The quantitative estimate of drug-likeness (QED) is 0.728. The summed E-state index contributed by atoms with van der Waals surface area (Å²) >= 11 is 6.12. The Morgan fingerprint density at radius 3 is 2.82 bits per heavy atom. The average molecular weight is 251 g/mol. The fraction of sp³-hybridized carbons (Fsp3) is 0.500. The summed E-state index contributed by atoms with van der Waals surface area (Å²) in [6.45, 7) is 1.94. The second kappa shape index (κ2) is 4.18. The second-order valence-electron chi connectivity index (χ2n) is 4.52. The van der Waals surface area contributed by atoms with Crippen molar-refractivity contribution < 1.29 is 0 Å². The normalized spacial score (nSPS) is 17.9. The van der Waals surface area contributed by atoms with E-state index in [0.29, 0.717) is 5.38 Å². The molecule has 0 aromatic carbocycles. The Labute approximate surface area is 105 Å². The molecule has 0 amide bonds. The Bertz CT molecular complexity index is 528. The van der Waals surface area contributed by atoms with E-state index in [0.717, 1.165) is 42.8 Å². The number of pyridine rings is 1. The highest BCUT2D eigenvalue weighted by molar-refractivity contribution is 6.20. The highest BCUT2D eigenvalue weighted by atomic mass is 35.5. The molecule has 1 aliphatic heterocycles. The number of aromatic nitrogens is 3. The van der Waals surface area contributed by atoms with Crippen LogP contribution in [0, 0.1) is 0 Å². The molecule has 0 unspecified atom stereocenters. The van der Waals surface area contributed by atoms with E-state index in [2.05, 4.69) is 14.9 Å². The SMILES string of the molecule is Cn1cnc2c(N3CCC(Cl)CC3)nccc21. The average Bonchev–Trinajstić information content (AvgIpc) is 2.73. The van der Waals surface area contributed by atoms with Crippen LogP contribution >= 0.6 is 11.6 Å². The highest BCUT2D eigenvalue weighted by Crippen LogP contribution is 2.26. The molecule has 90 valence electrons. The number of nitrogens with zero attached hydrogens (tertiary/aromatic N) is 4. The largest absolute Gasteiger partial charge is 0.355 e. The van der Waals surface area contributed by atoms with Crippen LogP contribution in [-0.4, -0.2) is 33.0 Å². The number of piperidine rings is 1. The van der Waals surface area contributed by atoms with E-state index in [1.807, 2.05) is 30.2 Å². The first kappa shape index (κ1) is 10.8. The maximum Gasteiger partial charge on any atom is 0.156 e. The maximum atomic E-state index is 6.12. The van der Waals surface area contributed by atoms with Gasteiger partial charge in [0.1, 0.15) is 5.52 Å². The summed E-state index contributed by atoms with van der Waals surface area (Å²) in [6, 6.07) is 2.00. The third-order valence-electron chi connectivity index (χ3n) is 3.35. The lowest BCUT2D eigenvalue weighted by Gasteiger charge is -2.30. The zero-order chi connectivity index (χ0) is 11.8. The summed E-state index contributed by atoms with van der Waals surface area (Å²) in [4.78, 5) is 11.2. The van der Waals surface area contributed by atoms with Crippen LogP contribution < -0.4 is 4.90 Å². The van der Waals surface area contributed by atoms with Crippen molar-refractivity contribution in [3.8, 4) is 0 Å². The molecule has 0 radical (unpaired) electrons. The molecule has 3 rings (SSSR count). The van der Waals surface area contributed by atoms with E-state index in [1.54, 1.807) is 0 Å². The number of halogens is 1. The number of rotatable bonds is 1. The Morgan fingerprint density at radius 2 is 2.06 bits per heavy atom. The number of aryl methyl sites for hydroxylation is 1. The molecule has 1 fully saturated rings. The second-order valence-corrected chi connectivity index (χ2v) is 5.14. The van der Waals surface area contributed by atoms with Gasteiger partial charge in [0, 0.05) is 31.7 Å². The molecule has 1 saturated heterocycles. The molecule has 0 bridgehead atoms. The van der Waals surface area contributed by atoms with Crippen LogP contribution in [0.5, 0.6) is 0 Å². The lowest BCUT2D eigenvalue weighted by atomic mass is 10.1. The van der Waals surface area contributed by atoms with Gasteiger partial charge in [-0.2, -0.15) is 0 Å². The zero-order valence-corrected chi connectivity index (χ0v) is 10.6. The topological polar surface area (TPSA) is 34.0 Å². The van der Waals surface area contributed by atoms with E-state index in [4.69, 9.17) is 11.6 Å². The van der Waals surface area contributed by atoms with Crippen molar-refractivity contribution in [2.24, 2.45) is 7.05 Å². The number of hydrogen-bond donors (Lipinski definition) is 0. The Balaban J connectivity index is 2.00. The van der Waals surface area contributed by atoms with Gasteiger partial charge in [-0.05, 0) is 18.9 Å². The molecular weight excluding hydrogens is 236 g/mol. The number of imidazole rings is 1. The third kappa shape index (κ3) is 1.86. The van der Waals surface area contributed by atoms with Gasteiger partial charge in [0.15, 0.2) is 5.82 Å². The molecule has 0 N–H and O–H groups in total. The van der Waals surface area contributed by atoms with E-state index in [-0.39, 0.29) is 0 Å². The molecule has 17 heavy (non-hydrogen) atoms. The van der Waals surface area contributed by atoms with Crippen LogP contribution in [0.2, 0.25) is 0 Å². The standard InChI is InChI=1S/C12H15ClN4/c1-16-8-15-11-10(16)2-5-14-12(11)17-6-3-9(13)4-7-17/h2,5,8-9H,3-4,6-7H2,1H3. The van der Waals surface area contributed by atoms with Gasteiger partial charge in [-0.25, -0.2) is 9.97 Å². The monoisotopic (exact) mass is 250 g/mol. The van der Waals surface area contributed by atoms with Crippen molar-refractivity contribution in [3.05, 3.63) is 18.6 Å². The van der Waals surface area contributed by atoms with Crippen LogP contribution in [0.25, 0.3) is 11.0 Å². The zero-order valence-electron chi connectivity index (χ0n) is 9.80. The molecule has 0 spiro atoms. The van der Waals surface area contributed by atoms with Crippen molar-refractivity contribution in [1.29, 1.82) is 0 Å². The van der Waals surface area contributed by atoms with Gasteiger partial charge in [-0.1, -0.05) is 0 Å². The van der Waals surface area contributed by atoms with Crippen molar-refractivity contribution in [3.63, 3.8) is 0 Å². The number of alkyl halides is 1. The predicted molar refractivity (Wildman–Crippen MR) is 69.6 cm³/mol. The summed E-state index contributed by atoms with van der Waals surface area (Å²) in [7, 11) is 2.00. The maximum absolute atomic E-state index is 6.12. The van der Waals surface area contributed by atoms with Gasteiger partial charge in [0.05, 0.1) is 11.8 Å². The van der Waals surface area contributed by atoms with Crippen molar-refractivity contribution in [2.75, 3.05) is 18.0 Å². The van der Waals surface area contributed by atoms with Crippen LogP contribution in [0.15, 0.2) is 18.6 Å². The number of fused-ring (bicyclic) bond motifs is 1. The van der Waals surface area contributed by atoms with Crippen LogP contribution in [0.3, 0.4) is 0 Å². The number of anilines is 1. The molecule has 1 aliphatic rings. The van der Waals surface area contributed by atoms with Gasteiger partial charge in [-0.3, -0.25) is 0 Å². The minimum absolute atomic E-state index is 0.314. The van der Waals surface area contributed by atoms with Crippen LogP contribution in [0.4, 0.5) is 5.82 Å². The van der Waals surface area contributed by atoms with Crippen LogP contribution in [0.1, 0.15) is 12.8 Å². The summed E-state index contributed by atoms with van der Waals surface area (Å²) in [6.07, 6.45) is 5.73. The molecular formula is C12H15ClN4. The lowest BCUT2D eigenvalue weighted by molar-refractivity contribution is 0.581. The minimum Gasteiger partial charge on any atom is -0.355 e. The third-order valence-corrected chi connectivity index (χ3v) is 3.78. The molecule has 5 heteroatoms. The number of hydrogen-bond acceptors (Lipinski definition) is 3. The fourth-order valence-electron chi connectivity index (χ4n) is 2.34. The molecule has 2 aromatic heterocycles. The van der Waals surface area contributed by atoms with Gasteiger partial charge < -0.3 is 9.47 Å².